The van der Waals surface area contributed by atoms with Crippen LogP contribution < -0.4 is 16.0 Å². The van der Waals surface area contributed by atoms with Crippen molar-refractivity contribution in [1.82, 2.24) is 20.9 Å². The summed E-state index contributed by atoms with van der Waals surface area (Å²) in [7, 11) is 1.84. The van der Waals surface area contributed by atoms with Crippen LogP contribution in [-0.2, 0) is 9.53 Å². The summed E-state index contributed by atoms with van der Waals surface area (Å²) < 4.78 is 5.96. The topological polar surface area (TPSA) is 95.1 Å². The average Bonchev–Trinajstić information content (AvgIpc) is 2.89. The first-order valence-corrected chi connectivity index (χ1v) is 10.7. The number of hydrogen-bond acceptors (Lipinski definition) is 4. The van der Waals surface area contributed by atoms with E-state index < -0.39 is 5.54 Å². The van der Waals surface area contributed by atoms with Crippen molar-refractivity contribution in [3.63, 3.8) is 0 Å². The maximum Gasteiger partial charge on any atom is 0.322 e. The van der Waals surface area contributed by atoms with Crippen LogP contribution in [0.3, 0.4) is 0 Å². The van der Waals surface area contributed by atoms with Crippen LogP contribution >= 0.6 is 0 Å². The van der Waals surface area contributed by atoms with Gasteiger partial charge in [0.05, 0.1) is 6.10 Å². The highest BCUT2D eigenvalue weighted by atomic mass is 16.5. The molecule has 1 spiro atoms. The second kappa shape index (κ2) is 7.21. The summed E-state index contributed by atoms with van der Waals surface area (Å²) >= 11 is 0. The van der Waals surface area contributed by atoms with E-state index in [1.807, 2.05) is 14.0 Å². The standard InChI is InChI=1S/C20H33N5O3/c1-4-28-15-12-14(20(15)8-5-9-20)22-17(21-3)25-10-6-13(7-11-25)19(2)16(26)23-18(27)24-19/h13-15H,4-12H2,1-3H3,(H,21,22)(H2,23,24,26,27). The van der Waals surface area contributed by atoms with Crippen LogP contribution in [0.2, 0.25) is 0 Å². The number of aliphatic imine (C=N–C) groups is 1. The van der Waals surface area contributed by atoms with Gasteiger partial charge in [-0.3, -0.25) is 15.1 Å². The van der Waals surface area contributed by atoms with Crippen LogP contribution in [0.5, 0.6) is 0 Å². The van der Waals surface area contributed by atoms with Gasteiger partial charge in [0.1, 0.15) is 5.54 Å². The van der Waals surface area contributed by atoms with Gasteiger partial charge in [-0.15, -0.1) is 0 Å². The van der Waals surface area contributed by atoms with E-state index in [1.165, 1.54) is 19.3 Å². The SMILES string of the molecule is CCOC1CC(NC(=NC)N2CCC(C3(C)NC(=O)NC3=O)CC2)C12CCC2. The van der Waals surface area contributed by atoms with E-state index >= 15 is 0 Å². The van der Waals surface area contributed by atoms with Crippen molar-refractivity contribution in [2.75, 3.05) is 26.7 Å². The molecule has 4 fully saturated rings. The molecule has 8 heteroatoms. The minimum atomic E-state index is -0.797. The zero-order chi connectivity index (χ0) is 19.9. The summed E-state index contributed by atoms with van der Waals surface area (Å²) in [5.41, 5.74) is -0.501. The first-order chi connectivity index (χ1) is 13.4. The molecule has 2 saturated heterocycles. The molecular formula is C20H33N5O3. The van der Waals surface area contributed by atoms with Crippen LogP contribution in [0.1, 0.15) is 52.4 Å². The molecule has 4 rings (SSSR count). The number of hydrogen-bond donors (Lipinski definition) is 3. The summed E-state index contributed by atoms with van der Waals surface area (Å²) in [5, 5.41) is 8.91. The predicted octanol–water partition coefficient (Wildman–Crippen LogP) is 1.22. The van der Waals surface area contributed by atoms with Gasteiger partial charge in [-0.05, 0) is 51.9 Å². The number of amides is 3. The number of piperidine rings is 1. The number of carbonyl (C=O) groups is 2. The second-order valence-corrected chi connectivity index (χ2v) is 8.88. The highest BCUT2D eigenvalue weighted by Crippen LogP contribution is 2.57. The molecule has 2 aliphatic carbocycles. The Morgan fingerprint density at radius 3 is 2.54 bits per heavy atom. The first kappa shape index (κ1) is 19.5. The van der Waals surface area contributed by atoms with Gasteiger partial charge < -0.3 is 20.3 Å². The van der Waals surface area contributed by atoms with Gasteiger partial charge in [0.15, 0.2) is 5.96 Å². The van der Waals surface area contributed by atoms with Crippen molar-refractivity contribution in [1.29, 1.82) is 0 Å². The van der Waals surface area contributed by atoms with E-state index in [9.17, 15) is 9.59 Å². The number of nitrogens with one attached hydrogen (secondary N) is 3. The summed E-state index contributed by atoms with van der Waals surface area (Å²) in [4.78, 5) is 30.6. The normalized spacial score (nSPS) is 35.2. The van der Waals surface area contributed by atoms with Crippen molar-refractivity contribution in [3.8, 4) is 0 Å². The minimum absolute atomic E-state index is 0.136. The molecule has 2 saturated carbocycles. The summed E-state index contributed by atoms with van der Waals surface area (Å²) in [6.45, 7) is 6.35. The Hall–Kier alpha value is -1.83. The number of urea groups is 1. The Labute approximate surface area is 166 Å². The Bertz CT molecular complexity index is 669. The first-order valence-electron chi connectivity index (χ1n) is 10.7. The maximum absolute atomic E-state index is 12.2. The van der Waals surface area contributed by atoms with Gasteiger partial charge in [-0.2, -0.15) is 0 Å². The molecule has 3 N–H and O–H groups in total. The fourth-order valence-electron chi connectivity index (χ4n) is 5.61. The average molecular weight is 392 g/mol. The molecule has 3 unspecified atom stereocenters. The van der Waals surface area contributed by atoms with Crippen LogP contribution in [-0.4, -0.2) is 67.2 Å². The van der Waals surface area contributed by atoms with Gasteiger partial charge in [-0.1, -0.05) is 6.42 Å². The van der Waals surface area contributed by atoms with Crippen LogP contribution in [0.4, 0.5) is 4.79 Å². The zero-order valence-corrected chi connectivity index (χ0v) is 17.2. The lowest BCUT2D eigenvalue weighted by Gasteiger charge is -2.61. The lowest BCUT2D eigenvalue weighted by molar-refractivity contribution is -0.169. The van der Waals surface area contributed by atoms with Gasteiger partial charge in [0.2, 0.25) is 0 Å². The predicted molar refractivity (Wildman–Crippen MR) is 106 cm³/mol. The van der Waals surface area contributed by atoms with Crippen LogP contribution in [0.25, 0.3) is 0 Å². The van der Waals surface area contributed by atoms with E-state index in [1.54, 1.807) is 0 Å². The molecule has 0 aromatic rings. The monoisotopic (exact) mass is 391 g/mol. The number of likely N-dealkylation sites (tertiary alicyclic amines) is 1. The zero-order valence-electron chi connectivity index (χ0n) is 17.2. The highest BCUT2D eigenvalue weighted by molar-refractivity contribution is 6.07. The molecule has 2 heterocycles. The Kier molecular flexibility index (Phi) is 5.02. The molecule has 0 aromatic carbocycles. The summed E-state index contributed by atoms with van der Waals surface area (Å²) in [6.07, 6.45) is 6.90. The number of rotatable bonds is 4. The summed E-state index contributed by atoms with van der Waals surface area (Å²) in [5.74, 6) is 0.883. The molecule has 28 heavy (non-hydrogen) atoms. The van der Waals surface area contributed by atoms with Crippen molar-refractivity contribution in [2.24, 2.45) is 16.3 Å². The molecule has 3 amide bonds. The molecule has 2 aliphatic heterocycles. The number of imide groups is 1. The minimum Gasteiger partial charge on any atom is -0.378 e. The number of carbonyl (C=O) groups excluding carboxylic acids is 2. The molecule has 0 radical (unpaired) electrons. The van der Waals surface area contributed by atoms with E-state index in [0.717, 1.165) is 44.9 Å². The summed E-state index contributed by atoms with van der Waals surface area (Å²) in [6, 6.07) is 0.0543. The number of nitrogens with zero attached hydrogens (tertiary/aromatic N) is 2. The number of guanidine groups is 1. The molecule has 3 atom stereocenters. The molecule has 4 aliphatic rings. The van der Waals surface area contributed by atoms with E-state index in [2.05, 4.69) is 32.8 Å². The Morgan fingerprint density at radius 1 is 1.32 bits per heavy atom. The van der Waals surface area contributed by atoms with Crippen molar-refractivity contribution in [2.45, 2.75) is 70.1 Å². The second-order valence-electron chi connectivity index (χ2n) is 8.88. The molecule has 0 bridgehead atoms. The largest absolute Gasteiger partial charge is 0.378 e. The smallest absolute Gasteiger partial charge is 0.322 e. The Balaban J connectivity index is 1.34. The highest BCUT2D eigenvalue weighted by Gasteiger charge is 2.59. The third kappa shape index (κ3) is 2.96. The third-order valence-electron chi connectivity index (χ3n) is 7.64. The fraction of sp³-hybridized carbons (Fsp3) is 0.850. The fourth-order valence-corrected chi connectivity index (χ4v) is 5.61. The molecule has 0 aromatic heterocycles. The van der Waals surface area contributed by atoms with Crippen LogP contribution in [0, 0.1) is 11.3 Å². The van der Waals surface area contributed by atoms with Gasteiger partial charge in [0, 0.05) is 38.2 Å². The van der Waals surface area contributed by atoms with Crippen molar-refractivity contribution >= 4 is 17.9 Å². The Morgan fingerprint density at radius 2 is 2.04 bits per heavy atom. The van der Waals surface area contributed by atoms with Gasteiger partial charge in [-0.25, -0.2) is 4.79 Å². The lowest BCUT2D eigenvalue weighted by Crippen LogP contribution is -2.69. The van der Waals surface area contributed by atoms with Crippen LogP contribution in [0.15, 0.2) is 4.99 Å². The quantitative estimate of drug-likeness (QED) is 0.381. The van der Waals surface area contributed by atoms with E-state index in [0.29, 0.717) is 17.6 Å². The maximum atomic E-state index is 12.2. The molecule has 156 valence electrons. The van der Waals surface area contributed by atoms with E-state index in [-0.39, 0.29) is 17.9 Å². The van der Waals surface area contributed by atoms with Crippen molar-refractivity contribution in [3.05, 3.63) is 0 Å². The van der Waals surface area contributed by atoms with Gasteiger partial charge in [0.25, 0.3) is 5.91 Å². The van der Waals surface area contributed by atoms with Crippen molar-refractivity contribution < 1.29 is 14.3 Å². The number of ether oxygens (including phenoxy) is 1. The lowest BCUT2D eigenvalue weighted by atomic mass is 9.51. The van der Waals surface area contributed by atoms with Gasteiger partial charge >= 0.3 is 6.03 Å². The van der Waals surface area contributed by atoms with E-state index in [4.69, 9.17) is 4.74 Å². The molecule has 8 nitrogen and oxygen atoms in total. The third-order valence-corrected chi connectivity index (χ3v) is 7.64. The molecular weight excluding hydrogens is 358 g/mol.